The maximum Gasteiger partial charge on any atom is 0.0839 e. The van der Waals surface area contributed by atoms with E-state index in [9.17, 15) is 5.11 Å². The molecule has 15 heavy (non-hydrogen) atoms. The van der Waals surface area contributed by atoms with Crippen LogP contribution in [0, 0.1) is 0 Å². The number of hydrogen-bond donors (Lipinski definition) is 1. The molecule has 0 bridgehead atoms. The highest BCUT2D eigenvalue weighted by Crippen LogP contribution is 2.28. The van der Waals surface area contributed by atoms with Gasteiger partial charge in [0.15, 0.2) is 0 Å². The van der Waals surface area contributed by atoms with Crippen LogP contribution in [0.4, 0.5) is 0 Å². The molecule has 1 aromatic rings. The summed E-state index contributed by atoms with van der Waals surface area (Å²) in [6.45, 7) is 8.75. The summed E-state index contributed by atoms with van der Waals surface area (Å²) in [6, 6.07) is 9.46. The summed E-state index contributed by atoms with van der Waals surface area (Å²) in [5.74, 6) is 0. The van der Waals surface area contributed by atoms with Gasteiger partial charge in [0, 0.05) is 0 Å². The first kappa shape index (κ1) is 10.6. The van der Waals surface area contributed by atoms with Crippen molar-refractivity contribution >= 4 is 18.8 Å². The van der Waals surface area contributed by atoms with Gasteiger partial charge in [-0.15, -0.1) is 0 Å². The van der Waals surface area contributed by atoms with Crippen LogP contribution in [-0.4, -0.2) is 19.3 Å². The van der Waals surface area contributed by atoms with Gasteiger partial charge in [-0.05, 0) is 23.6 Å². The SMILES string of the molecule is C=C1CC(O)C[Si](C)(C)c2ccccc21. The van der Waals surface area contributed by atoms with Crippen molar-refractivity contribution in [3.8, 4) is 0 Å². The number of rotatable bonds is 0. The Labute approximate surface area is 92.5 Å². The normalized spacial score (nSPS) is 24.5. The monoisotopic (exact) mass is 218 g/mol. The van der Waals surface area contributed by atoms with Gasteiger partial charge in [0.2, 0.25) is 0 Å². The van der Waals surface area contributed by atoms with Gasteiger partial charge < -0.3 is 5.11 Å². The third-order valence-corrected chi connectivity index (χ3v) is 6.65. The summed E-state index contributed by atoms with van der Waals surface area (Å²) in [5, 5.41) is 11.4. The second-order valence-electron chi connectivity index (χ2n) is 5.10. The second kappa shape index (κ2) is 3.61. The molecule has 2 heteroatoms. The minimum absolute atomic E-state index is 0.202. The van der Waals surface area contributed by atoms with Crippen LogP contribution < -0.4 is 5.19 Å². The zero-order valence-electron chi connectivity index (χ0n) is 9.46. The van der Waals surface area contributed by atoms with Crippen molar-refractivity contribution in [1.29, 1.82) is 0 Å². The molecule has 80 valence electrons. The van der Waals surface area contributed by atoms with E-state index in [1.54, 1.807) is 0 Å². The summed E-state index contributed by atoms with van der Waals surface area (Å²) in [7, 11) is -1.48. The fraction of sp³-hybridized carbons (Fsp3) is 0.385. The van der Waals surface area contributed by atoms with Gasteiger partial charge in [0.1, 0.15) is 0 Å². The predicted octanol–water partition coefficient (Wildman–Crippen LogP) is 2.38. The molecule has 1 atom stereocenters. The molecule has 0 amide bonds. The van der Waals surface area contributed by atoms with Crippen LogP contribution in [0.2, 0.25) is 19.1 Å². The van der Waals surface area contributed by atoms with Crippen molar-refractivity contribution in [3.63, 3.8) is 0 Å². The maximum absolute atomic E-state index is 9.94. The number of hydrogen-bond acceptors (Lipinski definition) is 1. The first-order valence-corrected chi connectivity index (χ1v) is 8.67. The first-order chi connectivity index (χ1) is 7.00. The Morgan fingerprint density at radius 2 is 2.00 bits per heavy atom. The largest absolute Gasteiger partial charge is 0.393 e. The van der Waals surface area contributed by atoms with E-state index < -0.39 is 8.07 Å². The Balaban J connectivity index is 2.57. The zero-order valence-corrected chi connectivity index (χ0v) is 10.5. The van der Waals surface area contributed by atoms with Crippen molar-refractivity contribution in [3.05, 3.63) is 36.4 Å². The molecule has 1 heterocycles. The lowest BCUT2D eigenvalue weighted by Crippen LogP contribution is -2.43. The highest BCUT2D eigenvalue weighted by Gasteiger charge is 2.32. The van der Waals surface area contributed by atoms with Crippen LogP contribution in [0.15, 0.2) is 30.8 Å². The predicted molar refractivity (Wildman–Crippen MR) is 68.0 cm³/mol. The molecule has 0 fully saturated rings. The topological polar surface area (TPSA) is 20.2 Å². The fourth-order valence-corrected chi connectivity index (χ4v) is 5.63. The van der Waals surface area contributed by atoms with E-state index in [0.29, 0.717) is 0 Å². The highest BCUT2D eigenvalue weighted by atomic mass is 28.3. The minimum atomic E-state index is -1.48. The fourth-order valence-electron chi connectivity index (χ4n) is 2.55. The Kier molecular flexibility index (Phi) is 2.57. The van der Waals surface area contributed by atoms with E-state index in [1.165, 1.54) is 10.8 Å². The van der Waals surface area contributed by atoms with Gasteiger partial charge in [0.05, 0.1) is 14.2 Å². The first-order valence-electron chi connectivity index (χ1n) is 5.46. The molecule has 1 nitrogen and oxygen atoms in total. The standard InChI is InChI=1S/C13H18OSi/c1-10-8-11(14)9-15(2,3)13-7-5-4-6-12(10)13/h4-7,11,14H,1,8-9H2,2-3H3. The van der Waals surface area contributed by atoms with E-state index in [0.717, 1.165) is 18.0 Å². The van der Waals surface area contributed by atoms with Crippen LogP contribution in [0.1, 0.15) is 12.0 Å². The average Bonchev–Trinajstić information content (AvgIpc) is 2.23. The molecule has 0 saturated heterocycles. The van der Waals surface area contributed by atoms with Crippen LogP contribution in [0.5, 0.6) is 0 Å². The molecule has 1 aromatic carbocycles. The quantitative estimate of drug-likeness (QED) is 0.663. The Bertz CT molecular complexity index is 395. The smallest absolute Gasteiger partial charge is 0.0839 e. The van der Waals surface area contributed by atoms with Gasteiger partial charge >= 0.3 is 0 Å². The van der Waals surface area contributed by atoms with Gasteiger partial charge in [-0.25, -0.2) is 0 Å². The Hall–Kier alpha value is -0.863. The second-order valence-corrected chi connectivity index (χ2v) is 9.81. The number of fused-ring (bicyclic) bond motifs is 1. The number of benzene rings is 1. The lowest BCUT2D eigenvalue weighted by Gasteiger charge is -2.24. The van der Waals surface area contributed by atoms with Gasteiger partial charge in [-0.2, -0.15) is 0 Å². The van der Waals surface area contributed by atoms with E-state index in [4.69, 9.17) is 0 Å². The molecule has 1 aliphatic rings. The molecule has 0 saturated carbocycles. The molecule has 1 N–H and O–H groups in total. The minimum Gasteiger partial charge on any atom is -0.393 e. The molecule has 0 aromatic heterocycles. The van der Waals surface area contributed by atoms with E-state index in [2.05, 4.69) is 43.9 Å². The summed E-state index contributed by atoms with van der Waals surface area (Å²) in [4.78, 5) is 0. The molecule has 0 spiro atoms. The summed E-state index contributed by atoms with van der Waals surface area (Å²) in [6.07, 6.45) is 0.527. The number of aliphatic hydroxyl groups is 1. The molecule has 1 unspecified atom stereocenters. The summed E-state index contributed by atoms with van der Waals surface area (Å²) in [5.41, 5.74) is 2.38. The third kappa shape index (κ3) is 1.92. The molecule has 0 radical (unpaired) electrons. The third-order valence-electron chi connectivity index (χ3n) is 3.27. The van der Waals surface area contributed by atoms with Crippen LogP contribution >= 0.6 is 0 Å². The lowest BCUT2D eigenvalue weighted by atomic mass is 10.0. The molecular formula is C13H18OSi. The van der Waals surface area contributed by atoms with Crippen LogP contribution in [0.25, 0.3) is 5.57 Å². The van der Waals surface area contributed by atoms with Crippen molar-refractivity contribution in [2.45, 2.75) is 31.7 Å². The van der Waals surface area contributed by atoms with E-state index >= 15 is 0 Å². The van der Waals surface area contributed by atoms with Crippen molar-refractivity contribution < 1.29 is 5.11 Å². The Morgan fingerprint density at radius 3 is 2.73 bits per heavy atom. The summed E-state index contributed by atoms with van der Waals surface area (Å²) >= 11 is 0. The van der Waals surface area contributed by atoms with E-state index in [-0.39, 0.29) is 6.10 Å². The average molecular weight is 218 g/mol. The van der Waals surface area contributed by atoms with Gasteiger partial charge in [0.25, 0.3) is 0 Å². The van der Waals surface area contributed by atoms with Gasteiger partial charge in [-0.3, -0.25) is 0 Å². The van der Waals surface area contributed by atoms with E-state index in [1.807, 2.05) is 0 Å². The number of aliphatic hydroxyl groups excluding tert-OH is 1. The maximum atomic E-state index is 9.94. The molecular weight excluding hydrogens is 200 g/mol. The van der Waals surface area contributed by atoms with Crippen molar-refractivity contribution in [2.75, 3.05) is 0 Å². The van der Waals surface area contributed by atoms with Gasteiger partial charge in [-0.1, -0.05) is 49.1 Å². The molecule has 0 aliphatic carbocycles. The molecule has 2 rings (SSSR count). The Morgan fingerprint density at radius 1 is 1.33 bits per heavy atom. The highest BCUT2D eigenvalue weighted by molar-refractivity contribution is 6.90. The molecule has 1 aliphatic heterocycles. The van der Waals surface area contributed by atoms with Crippen molar-refractivity contribution in [2.24, 2.45) is 0 Å². The van der Waals surface area contributed by atoms with Crippen LogP contribution in [0.3, 0.4) is 0 Å². The lowest BCUT2D eigenvalue weighted by molar-refractivity contribution is 0.200. The van der Waals surface area contributed by atoms with Crippen molar-refractivity contribution in [1.82, 2.24) is 0 Å². The zero-order chi connectivity index (χ0) is 11.1. The van der Waals surface area contributed by atoms with Crippen LogP contribution in [-0.2, 0) is 0 Å². The summed E-state index contributed by atoms with van der Waals surface area (Å²) < 4.78 is 0.